The number of fused-ring (bicyclic) bond motifs is 1. The fourth-order valence-corrected chi connectivity index (χ4v) is 5.98. The molecule has 0 fully saturated rings. The highest BCUT2D eigenvalue weighted by Gasteiger charge is 2.19. The van der Waals surface area contributed by atoms with Crippen LogP contribution in [0.4, 0.5) is 0 Å². The summed E-state index contributed by atoms with van der Waals surface area (Å²) in [6, 6.07) is 50.7. The number of benzene rings is 5. The molecule has 46 heavy (non-hydrogen) atoms. The molecule has 5 aromatic carbocycles. The lowest BCUT2D eigenvalue weighted by molar-refractivity contribution is 1.07. The van der Waals surface area contributed by atoms with Crippen molar-refractivity contribution in [3.63, 3.8) is 0 Å². The van der Waals surface area contributed by atoms with Gasteiger partial charge in [0, 0.05) is 34.0 Å². The molecule has 0 unspecified atom stereocenters. The van der Waals surface area contributed by atoms with E-state index in [0.29, 0.717) is 22.5 Å². The van der Waals surface area contributed by atoms with Gasteiger partial charge in [-0.15, -0.1) is 0 Å². The lowest BCUT2D eigenvalue weighted by atomic mass is 9.99. The van der Waals surface area contributed by atoms with Crippen molar-refractivity contribution < 1.29 is 0 Å². The third-order valence-electron chi connectivity index (χ3n) is 7.95. The van der Waals surface area contributed by atoms with Crippen LogP contribution in [0.5, 0.6) is 0 Å². The lowest BCUT2D eigenvalue weighted by Crippen LogP contribution is -2.00. The summed E-state index contributed by atoms with van der Waals surface area (Å²) in [7, 11) is 0. The highest BCUT2D eigenvalue weighted by atomic mass is 35.5. The lowest BCUT2D eigenvalue weighted by Gasteiger charge is -2.12. The molecule has 218 valence electrons. The predicted octanol–water partition coefficient (Wildman–Crippen LogP) is 10.2. The third-order valence-corrected chi connectivity index (χ3v) is 8.27. The van der Waals surface area contributed by atoms with Gasteiger partial charge in [0.15, 0.2) is 17.5 Å². The summed E-state index contributed by atoms with van der Waals surface area (Å²) < 4.78 is 2.10. The van der Waals surface area contributed by atoms with Crippen molar-refractivity contribution in [2.75, 3.05) is 0 Å². The molecule has 0 spiro atoms. The van der Waals surface area contributed by atoms with Gasteiger partial charge in [-0.3, -0.25) is 4.40 Å². The van der Waals surface area contributed by atoms with Crippen LogP contribution in [0.1, 0.15) is 0 Å². The highest BCUT2D eigenvalue weighted by Crippen LogP contribution is 2.39. The van der Waals surface area contributed by atoms with Crippen LogP contribution < -0.4 is 0 Å². The monoisotopic (exact) mass is 611 g/mol. The van der Waals surface area contributed by atoms with Crippen LogP contribution in [0.2, 0.25) is 5.02 Å². The van der Waals surface area contributed by atoms with Gasteiger partial charge in [-0.2, -0.15) is 0 Å². The average Bonchev–Trinajstić information content (AvgIpc) is 3.52. The molecule has 0 N–H and O–H groups in total. The van der Waals surface area contributed by atoms with Gasteiger partial charge in [-0.05, 0) is 35.4 Å². The molecular weight excluding hydrogens is 586 g/mol. The smallest absolute Gasteiger partial charge is 0.164 e. The number of aromatic nitrogens is 5. The number of hydrogen-bond donors (Lipinski definition) is 0. The fourth-order valence-electron chi connectivity index (χ4n) is 5.71. The van der Waals surface area contributed by atoms with E-state index in [1.165, 1.54) is 0 Å². The van der Waals surface area contributed by atoms with Gasteiger partial charge in [0.25, 0.3) is 0 Å². The van der Waals surface area contributed by atoms with E-state index in [2.05, 4.69) is 40.8 Å². The van der Waals surface area contributed by atoms with Crippen LogP contribution in [-0.4, -0.2) is 24.3 Å². The SMILES string of the molecule is Clc1cc(-c2cccc(-c3nc(-c4ccccc4)nc(-c4ccccc4)n3)c2)ccc1-c1c(-c2ccccc2)nc2ccccn12. The second-order valence-corrected chi connectivity index (χ2v) is 11.3. The van der Waals surface area contributed by atoms with Crippen LogP contribution in [0, 0.1) is 0 Å². The van der Waals surface area contributed by atoms with Crippen molar-refractivity contribution in [3.8, 4) is 67.8 Å². The van der Waals surface area contributed by atoms with Gasteiger partial charge >= 0.3 is 0 Å². The first-order valence-corrected chi connectivity index (χ1v) is 15.4. The van der Waals surface area contributed by atoms with Crippen LogP contribution in [0.3, 0.4) is 0 Å². The maximum atomic E-state index is 7.09. The minimum atomic E-state index is 0.607. The van der Waals surface area contributed by atoms with Gasteiger partial charge < -0.3 is 0 Å². The van der Waals surface area contributed by atoms with Crippen molar-refractivity contribution in [1.29, 1.82) is 0 Å². The Morgan fingerprint density at radius 2 is 0.935 bits per heavy atom. The molecule has 0 aliphatic carbocycles. The van der Waals surface area contributed by atoms with Gasteiger partial charge in [0.1, 0.15) is 5.65 Å². The Labute approximate surface area is 271 Å². The van der Waals surface area contributed by atoms with E-state index < -0.39 is 0 Å². The standard InChI is InChI=1S/C40H26ClN5/c41-34-26-31(22-23-33(34)37-36(27-13-4-1-5-14-27)42-35-21-10-11-24-46(35)37)30-19-12-20-32(25-30)40-44-38(28-15-6-2-7-16-28)43-39(45-40)29-17-8-3-9-18-29/h1-26H. The Balaban J connectivity index is 1.21. The third kappa shape index (κ3) is 5.23. The quantitative estimate of drug-likeness (QED) is 0.188. The Bertz CT molecular complexity index is 2260. The normalized spacial score (nSPS) is 11.2. The van der Waals surface area contributed by atoms with Crippen molar-refractivity contribution in [2.45, 2.75) is 0 Å². The molecule has 3 aromatic heterocycles. The van der Waals surface area contributed by atoms with Crippen LogP contribution >= 0.6 is 11.6 Å². The summed E-state index contributed by atoms with van der Waals surface area (Å²) in [6.45, 7) is 0. The molecule has 0 amide bonds. The molecular formula is C40H26ClN5. The summed E-state index contributed by atoms with van der Waals surface area (Å²) >= 11 is 7.09. The first kappa shape index (κ1) is 27.6. The van der Waals surface area contributed by atoms with Crippen LogP contribution in [0.25, 0.3) is 73.5 Å². The first-order chi connectivity index (χ1) is 22.7. The van der Waals surface area contributed by atoms with Gasteiger partial charge in [0.05, 0.1) is 16.4 Å². The van der Waals surface area contributed by atoms with Gasteiger partial charge in [-0.25, -0.2) is 19.9 Å². The zero-order valence-electron chi connectivity index (χ0n) is 24.6. The number of halogens is 1. The Kier molecular flexibility index (Phi) is 7.14. The maximum absolute atomic E-state index is 7.09. The highest BCUT2D eigenvalue weighted by molar-refractivity contribution is 6.33. The molecule has 6 heteroatoms. The zero-order chi connectivity index (χ0) is 30.9. The second kappa shape index (κ2) is 11.9. The molecule has 0 aliphatic rings. The number of pyridine rings is 1. The van der Waals surface area contributed by atoms with E-state index in [0.717, 1.165) is 56.0 Å². The van der Waals surface area contributed by atoms with E-state index in [4.69, 9.17) is 31.5 Å². The maximum Gasteiger partial charge on any atom is 0.164 e. The van der Waals surface area contributed by atoms with Crippen molar-refractivity contribution in [2.24, 2.45) is 0 Å². The number of hydrogen-bond acceptors (Lipinski definition) is 4. The zero-order valence-corrected chi connectivity index (χ0v) is 25.4. The largest absolute Gasteiger partial charge is 0.299 e. The molecule has 0 radical (unpaired) electrons. The second-order valence-electron chi connectivity index (χ2n) is 10.9. The molecule has 0 bridgehead atoms. The Hall–Kier alpha value is -5.91. The minimum Gasteiger partial charge on any atom is -0.299 e. The van der Waals surface area contributed by atoms with Crippen LogP contribution in [-0.2, 0) is 0 Å². The summed E-state index contributed by atoms with van der Waals surface area (Å²) in [6.07, 6.45) is 2.03. The molecule has 0 saturated carbocycles. The Morgan fingerprint density at radius 3 is 1.57 bits per heavy atom. The average molecular weight is 612 g/mol. The number of rotatable bonds is 6. The van der Waals surface area contributed by atoms with E-state index in [-0.39, 0.29) is 0 Å². The summed E-state index contributed by atoms with van der Waals surface area (Å²) in [5, 5.41) is 0.642. The van der Waals surface area contributed by atoms with E-state index >= 15 is 0 Å². The minimum absolute atomic E-state index is 0.607. The first-order valence-electron chi connectivity index (χ1n) is 15.0. The van der Waals surface area contributed by atoms with Crippen molar-refractivity contribution in [3.05, 3.63) is 163 Å². The van der Waals surface area contributed by atoms with E-state index in [1.807, 2.05) is 121 Å². The number of nitrogens with zero attached hydrogens (tertiary/aromatic N) is 5. The van der Waals surface area contributed by atoms with E-state index in [1.54, 1.807) is 0 Å². The van der Waals surface area contributed by atoms with Gasteiger partial charge in [-0.1, -0.05) is 139 Å². The Morgan fingerprint density at radius 1 is 0.413 bits per heavy atom. The molecule has 8 aromatic rings. The topological polar surface area (TPSA) is 56.0 Å². The summed E-state index contributed by atoms with van der Waals surface area (Å²) in [4.78, 5) is 19.6. The predicted molar refractivity (Wildman–Crippen MR) is 186 cm³/mol. The molecule has 0 atom stereocenters. The summed E-state index contributed by atoms with van der Waals surface area (Å²) in [5.74, 6) is 1.87. The molecule has 3 heterocycles. The molecule has 5 nitrogen and oxygen atoms in total. The van der Waals surface area contributed by atoms with Gasteiger partial charge in [0.2, 0.25) is 0 Å². The molecule has 0 aliphatic heterocycles. The summed E-state index contributed by atoms with van der Waals surface area (Å²) in [5.41, 5.74) is 9.43. The van der Waals surface area contributed by atoms with Crippen molar-refractivity contribution >= 4 is 17.2 Å². The van der Waals surface area contributed by atoms with Crippen LogP contribution in [0.15, 0.2) is 158 Å². The number of imidazole rings is 1. The van der Waals surface area contributed by atoms with E-state index in [9.17, 15) is 0 Å². The molecule has 8 rings (SSSR count). The molecule has 0 saturated heterocycles. The fraction of sp³-hybridized carbons (Fsp3) is 0. The van der Waals surface area contributed by atoms with Crippen molar-refractivity contribution in [1.82, 2.24) is 24.3 Å².